The van der Waals surface area contributed by atoms with E-state index in [2.05, 4.69) is 16.0 Å². The summed E-state index contributed by atoms with van der Waals surface area (Å²) in [6, 6.07) is 9.27. The number of Topliss-reactive ketones (excluding diaryl/α,β-unsaturated/α-hetero) is 1. The Labute approximate surface area is 330 Å². The number of nitrogens with one attached hydrogen (secondary N) is 3. The molecule has 0 saturated carbocycles. The average Bonchev–Trinajstić information content (AvgIpc) is 3.16. The van der Waals surface area contributed by atoms with Crippen LogP contribution in [0.15, 0.2) is 60.7 Å². The number of carboxylic acids is 2. The van der Waals surface area contributed by atoms with Crippen molar-refractivity contribution in [1.82, 2.24) is 15.5 Å². The highest BCUT2D eigenvalue weighted by Crippen LogP contribution is 2.27. The van der Waals surface area contributed by atoms with Crippen LogP contribution in [-0.4, -0.2) is 104 Å². The zero-order valence-electron chi connectivity index (χ0n) is 31.4. The maximum Gasteiger partial charge on any atom is 0.339 e. The molecular formula is C39H41N5O14. The number of carbonyl (C=O) groups is 8. The van der Waals surface area contributed by atoms with Crippen LogP contribution in [0.5, 0.6) is 5.75 Å². The Morgan fingerprint density at radius 1 is 0.879 bits per heavy atom. The number of nitro benzene ring substituents is 1. The van der Waals surface area contributed by atoms with Crippen molar-refractivity contribution >= 4 is 58.7 Å². The van der Waals surface area contributed by atoms with Gasteiger partial charge in [0, 0.05) is 23.9 Å². The first-order valence-corrected chi connectivity index (χ1v) is 17.9. The lowest BCUT2D eigenvalue weighted by Gasteiger charge is -2.37. The number of carbonyl (C=O) groups excluding carboxylic acids is 6. The first kappa shape index (κ1) is 43.5. The Hall–Kier alpha value is -7.18. The van der Waals surface area contributed by atoms with Gasteiger partial charge in [-0.3, -0.25) is 43.7 Å². The van der Waals surface area contributed by atoms with E-state index < -0.39 is 101 Å². The predicted molar refractivity (Wildman–Crippen MR) is 202 cm³/mol. The number of aromatic hydroxyl groups is 1. The summed E-state index contributed by atoms with van der Waals surface area (Å²) in [6.45, 7) is 2.44. The smallest absolute Gasteiger partial charge is 0.339 e. The number of rotatable bonds is 17. The molecule has 3 atom stereocenters. The zero-order chi connectivity index (χ0) is 42.7. The Kier molecular flexibility index (Phi) is 14.7. The van der Waals surface area contributed by atoms with E-state index in [1.165, 1.54) is 30.3 Å². The quantitative estimate of drug-likeness (QED) is 0.0650. The van der Waals surface area contributed by atoms with Crippen molar-refractivity contribution in [2.24, 2.45) is 0 Å². The molecule has 0 aromatic heterocycles. The van der Waals surface area contributed by atoms with E-state index in [0.717, 1.165) is 17.0 Å². The van der Waals surface area contributed by atoms with Gasteiger partial charge < -0.3 is 40.9 Å². The number of hydrogen-bond donors (Lipinski definition) is 6. The molecule has 3 aromatic carbocycles. The molecule has 2 unspecified atom stereocenters. The summed E-state index contributed by atoms with van der Waals surface area (Å²) in [5, 5.41) is 47.2. The molecule has 0 bridgehead atoms. The van der Waals surface area contributed by atoms with Gasteiger partial charge in [-0.15, -0.1) is 0 Å². The molecule has 19 heteroatoms. The standard InChI is InChI=1S/C39H41N5O14/c1-21-7-5-8-22(2)35(21)39(55)58-20-31(46)26(18-33(48)49)41-37(53)28-11-3-4-14-43(28)38(54)27(19-34(50)51)42-36(52)24-9-6-10-25(17-24)40-32(47)16-23-12-13-30(45)29(15-23)44(56)57/h5-10,12-13,15,17,26-28,45H,3-4,11,14,16,18-20H2,1-2H3,(H,40,47)(H,41,53)(H,42,52)(H,48,49)(H,50,51)/t26-,27?,28?/m0/s1. The number of likely N-dealkylation sites (tertiary alicyclic amines) is 1. The van der Waals surface area contributed by atoms with Crippen LogP contribution in [0.3, 0.4) is 0 Å². The maximum atomic E-state index is 13.9. The van der Waals surface area contributed by atoms with Crippen LogP contribution in [-0.2, 0) is 39.9 Å². The Morgan fingerprint density at radius 3 is 2.19 bits per heavy atom. The molecule has 1 saturated heterocycles. The number of esters is 1. The molecule has 4 rings (SSSR count). The van der Waals surface area contributed by atoms with E-state index in [0.29, 0.717) is 24.0 Å². The number of ether oxygens (including phenoxy) is 1. The van der Waals surface area contributed by atoms with Crippen molar-refractivity contribution in [3.63, 3.8) is 0 Å². The van der Waals surface area contributed by atoms with Gasteiger partial charge in [0.1, 0.15) is 18.1 Å². The number of ketones is 1. The number of nitro groups is 1. The number of aliphatic carboxylic acids is 2. The van der Waals surface area contributed by atoms with Crippen LogP contribution in [0, 0.1) is 24.0 Å². The van der Waals surface area contributed by atoms with Crippen LogP contribution in [0.1, 0.15) is 69.5 Å². The van der Waals surface area contributed by atoms with Crippen molar-refractivity contribution in [3.05, 3.63) is 98.6 Å². The zero-order valence-corrected chi connectivity index (χ0v) is 31.4. The van der Waals surface area contributed by atoms with Gasteiger partial charge in [0.25, 0.3) is 5.91 Å². The third-order valence-electron chi connectivity index (χ3n) is 9.20. The van der Waals surface area contributed by atoms with Crippen LogP contribution >= 0.6 is 0 Å². The second-order valence-corrected chi connectivity index (χ2v) is 13.5. The highest BCUT2D eigenvalue weighted by atomic mass is 16.6. The largest absolute Gasteiger partial charge is 0.502 e. The lowest BCUT2D eigenvalue weighted by atomic mass is 9.98. The minimum atomic E-state index is -1.69. The fourth-order valence-electron chi connectivity index (χ4n) is 6.37. The molecule has 1 fully saturated rings. The first-order valence-electron chi connectivity index (χ1n) is 17.9. The molecule has 1 heterocycles. The molecule has 306 valence electrons. The summed E-state index contributed by atoms with van der Waals surface area (Å²) in [6.07, 6.45) is -1.21. The summed E-state index contributed by atoms with van der Waals surface area (Å²) in [4.78, 5) is 114. The highest BCUT2D eigenvalue weighted by Gasteiger charge is 2.38. The molecule has 6 N–H and O–H groups in total. The molecule has 4 amide bonds. The van der Waals surface area contributed by atoms with E-state index in [1.807, 2.05) is 0 Å². The fraction of sp³-hybridized carbons (Fsp3) is 0.333. The summed E-state index contributed by atoms with van der Waals surface area (Å²) >= 11 is 0. The number of aryl methyl sites for hydroxylation is 2. The number of benzene rings is 3. The van der Waals surface area contributed by atoms with Crippen LogP contribution in [0.4, 0.5) is 11.4 Å². The Balaban J connectivity index is 1.44. The summed E-state index contributed by atoms with van der Waals surface area (Å²) < 4.78 is 5.17. The van der Waals surface area contributed by atoms with Crippen molar-refractivity contribution in [2.45, 2.75) is 70.5 Å². The van der Waals surface area contributed by atoms with Gasteiger partial charge in [-0.25, -0.2) is 4.79 Å². The van der Waals surface area contributed by atoms with Gasteiger partial charge >= 0.3 is 23.6 Å². The summed E-state index contributed by atoms with van der Waals surface area (Å²) in [5.41, 5.74) is 1.05. The van der Waals surface area contributed by atoms with Crippen LogP contribution in [0.2, 0.25) is 0 Å². The minimum absolute atomic E-state index is 0.0421. The number of phenolic OH excluding ortho intramolecular Hbond substituents is 1. The van der Waals surface area contributed by atoms with Crippen molar-refractivity contribution < 1.29 is 63.3 Å². The topological polar surface area (TPSA) is 289 Å². The second-order valence-electron chi connectivity index (χ2n) is 13.5. The van der Waals surface area contributed by atoms with Gasteiger partial charge in [-0.2, -0.15) is 0 Å². The molecule has 58 heavy (non-hydrogen) atoms. The van der Waals surface area contributed by atoms with E-state index in [-0.39, 0.29) is 41.8 Å². The van der Waals surface area contributed by atoms with Gasteiger partial charge in [0.05, 0.1) is 29.7 Å². The third-order valence-corrected chi connectivity index (χ3v) is 9.20. The van der Waals surface area contributed by atoms with E-state index >= 15 is 0 Å². The average molecular weight is 804 g/mol. The lowest BCUT2D eigenvalue weighted by Crippen LogP contribution is -2.59. The molecule has 3 aromatic rings. The second kappa shape index (κ2) is 19.6. The van der Waals surface area contributed by atoms with Crippen molar-refractivity contribution in [1.29, 1.82) is 0 Å². The number of piperidine rings is 1. The van der Waals surface area contributed by atoms with E-state index in [9.17, 15) is 63.8 Å². The monoisotopic (exact) mass is 803 g/mol. The lowest BCUT2D eigenvalue weighted by molar-refractivity contribution is -0.385. The van der Waals surface area contributed by atoms with E-state index in [4.69, 9.17) is 4.74 Å². The van der Waals surface area contributed by atoms with Gasteiger partial charge in [-0.05, 0) is 74.1 Å². The highest BCUT2D eigenvalue weighted by molar-refractivity contribution is 6.02. The first-order chi connectivity index (χ1) is 27.4. The van der Waals surface area contributed by atoms with E-state index in [1.54, 1.807) is 32.0 Å². The molecular weight excluding hydrogens is 762 g/mol. The fourth-order valence-corrected chi connectivity index (χ4v) is 6.37. The summed E-state index contributed by atoms with van der Waals surface area (Å²) in [7, 11) is 0. The van der Waals surface area contributed by atoms with Gasteiger partial charge in [0.15, 0.2) is 18.1 Å². The predicted octanol–water partition coefficient (Wildman–Crippen LogP) is 2.44. The number of anilines is 1. The van der Waals surface area contributed by atoms with Crippen LogP contribution < -0.4 is 16.0 Å². The molecule has 1 aliphatic rings. The summed E-state index contributed by atoms with van der Waals surface area (Å²) in [5.74, 6) is -8.64. The Morgan fingerprint density at radius 2 is 1.53 bits per heavy atom. The molecule has 19 nitrogen and oxygen atoms in total. The molecule has 0 aliphatic carbocycles. The van der Waals surface area contributed by atoms with Gasteiger partial charge in [0.2, 0.25) is 17.7 Å². The number of hydrogen-bond acceptors (Lipinski definition) is 12. The van der Waals surface area contributed by atoms with Crippen LogP contribution in [0.25, 0.3) is 0 Å². The van der Waals surface area contributed by atoms with Crippen molar-refractivity contribution in [2.75, 3.05) is 18.5 Å². The number of carboxylic acid groups (broad SMARTS) is 2. The third kappa shape index (κ3) is 11.7. The molecule has 1 aliphatic heterocycles. The number of amides is 4. The molecule has 0 spiro atoms. The van der Waals surface area contributed by atoms with Crippen molar-refractivity contribution in [3.8, 4) is 5.75 Å². The maximum absolute atomic E-state index is 13.9. The minimum Gasteiger partial charge on any atom is -0.502 e. The molecule has 0 radical (unpaired) electrons. The normalized spacial score (nSPS) is 14.6. The Bertz CT molecular complexity index is 2120. The number of phenols is 1. The van der Waals surface area contributed by atoms with Gasteiger partial charge in [-0.1, -0.05) is 30.3 Å². The SMILES string of the molecule is Cc1cccc(C)c1C(=O)OCC(=O)[C@H](CC(=O)O)NC(=O)C1CCCCN1C(=O)C(CC(=O)O)NC(=O)c1cccc(NC(=O)Cc2ccc(O)c([N+](=O)[O-])c2)c1. The number of nitrogens with zero attached hydrogens (tertiary/aromatic N) is 2.